The number of aromatic nitrogens is 2. The van der Waals surface area contributed by atoms with Gasteiger partial charge in [-0.2, -0.15) is 0 Å². The predicted octanol–water partition coefficient (Wildman–Crippen LogP) is 2.88. The molecule has 1 heterocycles. The Hall–Kier alpha value is -2.82. The molecule has 0 bridgehead atoms. The summed E-state index contributed by atoms with van der Waals surface area (Å²) in [7, 11) is 0. The van der Waals surface area contributed by atoms with Crippen LogP contribution in [0.1, 0.15) is 18.4 Å². The molecule has 5 heteroatoms. The first-order valence-electron chi connectivity index (χ1n) is 8.17. The predicted molar refractivity (Wildman–Crippen MR) is 93.8 cm³/mol. The molecule has 1 aromatic heterocycles. The van der Waals surface area contributed by atoms with Gasteiger partial charge in [0.1, 0.15) is 5.75 Å². The smallest absolute Gasteiger partial charge is 0.220 e. The number of hydrogen-bond donors (Lipinski definition) is 2. The molecule has 0 unspecified atom stereocenters. The zero-order valence-electron chi connectivity index (χ0n) is 13.5. The number of nitrogens with zero attached hydrogens (tertiary/aromatic N) is 2. The number of nitrogens with one attached hydrogen (secondary N) is 1. The van der Waals surface area contributed by atoms with Crippen LogP contribution in [0.3, 0.4) is 0 Å². The molecule has 3 rings (SSSR count). The lowest BCUT2D eigenvalue weighted by molar-refractivity contribution is -0.121. The van der Waals surface area contributed by atoms with Crippen LogP contribution in [0.15, 0.2) is 54.9 Å². The van der Waals surface area contributed by atoms with Gasteiger partial charge in [-0.1, -0.05) is 30.3 Å². The van der Waals surface area contributed by atoms with Crippen LogP contribution in [-0.2, 0) is 17.8 Å². The van der Waals surface area contributed by atoms with Crippen LogP contribution >= 0.6 is 0 Å². The summed E-state index contributed by atoms with van der Waals surface area (Å²) >= 11 is 0. The number of phenolic OH excluding ortho intramolecular Hbond substituents is 1. The van der Waals surface area contributed by atoms with E-state index in [1.165, 1.54) is 0 Å². The van der Waals surface area contributed by atoms with Crippen molar-refractivity contribution in [2.75, 3.05) is 6.54 Å². The Morgan fingerprint density at radius 3 is 2.79 bits per heavy atom. The van der Waals surface area contributed by atoms with Gasteiger partial charge in [-0.25, -0.2) is 4.98 Å². The van der Waals surface area contributed by atoms with Crippen molar-refractivity contribution in [1.82, 2.24) is 14.9 Å². The second-order valence-electron chi connectivity index (χ2n) is 5.76. The van der Waals surface area contributed by atoms with E-state index in [4.69, 9.17) is 0 Å². The molecule has 124 valence electrons. The number of hydrogen-bond acceptors (Lipinski definition) is 3. The molecule has 2 aromatic carbocycles. The Morgan fingerprint density at radius 2 is 1.92 bits per heavy atom. The van der Waals surface area contributed by atoms with Crippen molar-refractivity contribution in [2.24, 2.45) is 0 Å². The minimum Gasteiger partial charge on any atom is -0.508 e. The van der Waals surface area contributed by atoms with E-state index in [0.717, 1.165) is 29.6 Å². The van der Waals surface area contributed by atoms with Gasteiger partial charge >= 0.3 is 0 Å². The number of imidazole rings is 1. The van der Waals surface area contributed by atoms with E-state index < -0.39 is 0 Å². The van der Waals surface area contributed by atoms with Crippen molar-refractivity contribution < 1.29 is 9.90 Å². The molecule has 0 spiro atoms. The second kappa shape index (κ2) is 7.64. The topological polar surface area (TPSA) is 67.2 Å². The summed E-state index contributed by atoms with van der Waals surface area (Å²) < 4.78 is 2.10. The lowest BCUT2D eigenvalue weighted by Gasteiger charge is -2.07. The van der Waals surface area contributed by atoms with Crippen LogP contribution in [0, 0.1) is 0 Å². The Kier molecular flexibility index (Phi) is 5.11. The number of benzene rings is 2. The average molecular weight is 323 g/mol. The molecule has 5 nitrogen and oxygen atoms in total. The van der Waals surface area contributed by atoms with Gasteiger partial charge in [0.15, 0.2) is 0 Å². The first kappa shape index (κ1) is 16.1. The third kappa shape index (κ3) is 3.93. The highest BCUT2D eigenvalue weighted by Crippen LogP contribution is 2.17. The third-order valence-electron chi connectivity index (χ3n) is 4.04. The van der Waals surface area contributed by atoms with Gasteiger partial charge in [-0.05, 0) is 36.6 Å². The maximum absolute atomic E-state index is 11.9. The Bertz CT molecular complexity index is 826. The number of aryl methyl sites for hydroxylation is 2. The van der Waals surface area contributed by atoms with Crippen LogP contribution in [0.4, 0.5) is 0 Å². The van der Waals surface area contributed by atoms with Crippen LogP contribution in [0.2, 0.25) is 0 Å². The monoisotopic (exact) mass is 323 g/mol. The third-order valence-corrected chi connectivity index (χ3v) is 4.04. The second-order valence-corrected chi connectivity index (χ2v) is 5.76. The molecule has 0 fully saturated rings. The van der Waals surface area contributed by atoms with Crippen molar-refractivity contribution in [3.05, 3.63) is 60.4 Å². The Morgan fingerprint density at radius 1 is 1.12 bits per heavy atom. The summed E-state index contributed by atoms with van der Waals surface area (Å²) in [5.41, 5.74) is 2.91. The summed E-state index contributed by atoms with van der Waals surface area (Å²) in [4.78, 5) is 16.2. The summed E-state index contributed by atoms with van der Waals surface area (Å²) in [6.45, 7) is 1.45. The fourth-order valence-electron chi connectivity index (χ4n) is 2.72. The molecular weight excluding hydrogens is 302 g/mol. The summed E-state index contributed by atoms with van der Waals surface area (Å²) in [6, 6.07) is 15.1. The van der Waals surface area contributed by atoms with Crippen molar-refractivity contribution in [3.8, 4) is 5.75 Å². The minimum atomic E-state index is 0.00809. The van der Waals surface area contributed by atoms with Gasteiger partial charge in [0.05, 0.1) is 17.4 Å². The van der Waals surface area contributed by atoms with E-state index in [1.807, 2.05) is 42.7 Å². The summed E-state index contributed by atoms with van der Waals surface area (Å²) in [5.74, 6) is 0.256. The molecule has 3 aromatic rings. The highest BCUT2D eigenvalue weighted by Gasteiger charge is 2.05. The minimum absolute atomic E-state index is 0.00809. The van der Waals surface area contributed by atoms with Gasteiger partial charge in [-0.15, -0.1) is 0 Å². The molecular formula is C19H21N3O2. The normalized spacial score (nSPS) is 10.8. The summed E-state index contributed by atoms with van der Waals surface area (Å²) in [6.07, 6.45) is 3.61. The maximum Gasteiger partial charge on any atom is 0.220 e. The molecule has 2 N–H and O–H groups in total. The van der Waals surface area contributed by atoms with Crippen molar-refractivity contribution in [1.29, 1.82) is 0 Å². The fourth-order valence-corrected chi connectivity index (χ4v) is 2.72. The number of fused-ring (bicyclic) bond motifs is 1. The number of aromatic hydroxyl groups is 1. The fraction of sp³-hybridized carbons (Fsp3) is 0.263. The van der Waals surface area contributed by atoms with Crippen LogP contribution in [-0.4, -0.2) is 27.1 Å². The number of rotatable bonds is 7. The molecule has 0 radical (unpaired) electrons. The SMILES string of the molecule is O=C(CCc1ccccc1O)NCCCn1cnc2ccccc21. The molecule has 0 atom stereocenters. The molecule has 1 amide bonds. The van der Waals surface area contributed by atoms with Gasteiger partial charge in [-0.3, -0.25) is 4.79 Å². The van der Waals surface area contributed by atoms with E-state index in [0.29, 0.717) is 19.4 Å². The number of para-hydroxylation sites is 3. The van der Waals surface area contributed by atoms with E-state index in [-0.39, 0.29) is 11.7 Å². The van der Waals surface area contributed by atoms with Crippen molar-refractivity contribution in [2.45, 2.75) is 25.8 Å². The number of carbonyl (C=O) groups is 1. The van der Waals surface area contributed by atoms with E-state index >= 15 is 0 Å². The van der Waals surface area contributed by atoms with Crippen LogP contribution < -0.4 is 5.32 Å². The van der Waals surface area contributed by atoms with Crippen molar-refractivity contribution >= 4 is 16.9 Å². The zero-order valence-corrected chi connectivity index (χ0v) is 13.5. The number of amides is 1. The molecule has 0 aliphatic heterocycles. The maximum atomic E-state index is 11.9. The number of carbonyl (C=O) groups excluding carboxylic acids is 1. The van der Waals surface area contributed by atoms with Gasteiger partial charge in [0, 0.05) is 19.5 Å². The highest BCUT2D eigenvalue weighted by atomic mass is 16.3. The van der Waals surface area contributed by atoms with Gasteiger partial charge in [0.25, 0.3) is 0 Å². The molecule has 24 heavy (non-hydrogen) atoms. The first-order valence-corrected chi connectivity index (χ1v) is 8.17. The van der Waals surface area contributed by atoms with Gasteiger partial charge in [0.2, 0.25) is 5.91 Å². The molecule has 0 aliphatic carbocycles. The lowest BCUT2D eigenvalue weighted by atomic mass is 10.1. The van der Waals surface area contributed by atoms with E-state index in [1.54, 1.807) is 12.1 Å². The molecule has 0 aliphatic rings. The standard InChI is InChI=1S/C19H21N3O2/c23-18-9-4-1-6-15(18)10-11-19(24)20-12-5-13-22-14-21-16-7-2-3-8-17(16)22/h1-4,6-9,14,23H,5,10-13H2,(H,20,24). The van der Waals surface area contributed by atoms with Crippen LogP contribution in [0.25, 0.3) is 11.0 Å². The van der Waals surface area contributed by atoms with Gasteiger partial charge < -0.3 is 15.0 Å². The Balaban J connectivity index is 1.40. The summed E-state index contributed by atoms with van der Waals surface area (Å²) in [5, 5.41) is 12.6. The Labute approximate surface area is 141 Å². The lowest BCUT2D eigenvalue weighted by Crippen LogP contribution is -2.25. The van der Waals surface area contributed by atoms with Crippen LogP contribution in [0.5, 0.6) is 5.75 Å². The van der Waals surface area contributed by atoms with E-state index in [9.17, 15) is 9.90 Å². The molecule has 0 saturated carbocycles. The number of phenols is 1. The zero-order chi connectivity index (χ0) is 16.8. The van der Waals surface area contributed by atoms with Crippen molar-refractivity contribution in [3.63, 3.8) is 0 Å². The highest BCUT2D eigenvalue weighted by molar-refractivity contribution is 5.76. The van der Waals surface area contributed by atoms with E-state index in [2.05, 4.69) is 14.9 Å². The molecule has 0 saturated heterocycles. The average Bonchev–Trinajstić information content (AvgIpc) is 3.01. The quantitative estimate of drug-likeness (QED) is 0.657. The largest absolute Gasteiger partial charge is 0.508 e. The first-order chi connectivity index (χ1) is 11.7.